The van der Waals surface area contributed by atoms with Crippen LogP contribution in [0.1, 0.15) is 27.1 Å². The van der Waals surface area contributed by atoms with Gasteiger partial charge in [0.15, 0.2) is 11.5 Å². The summed E-state index contributed by atoms with van der Waals surface area (Å²) in [6, 6.07) is 4.81. The van der Waals surface area contributed by atoms with Gasteiger partial charge in [0.1, 0.15) is 29.5 Å². The Morgan fingerprint density at radius 1 is 1.13 bits per heavy atom. The second-order valence-electron chi connectivity index (χ2n) is 6.66. The van der Waals surface area contributed by atoms with Crippen molar-refractivity contribution in [2.75, 3.05) is 11.1 Å². The Morgan fingerprint density at radius 2 is 1.90 bits per heavy atom. The van der Waals surface area contributed by atoms with Crippen LogP contribution in [0.4, 0.5) is 33.6 Å². The third-order valence-corrected chi connectivity index (χ3v) is 4.52. The number of fused-ring (bicyclic) bond motifs is 1. The van der Waals surface area contributed by atoms with Gasteiger partial charge in [-0.3, -0.25) is 0 Å². The van der Waals surface area contributed by atoms with Crippen LogP contribution >= 0.6 is 0 Å². The van der Waals surface area contributed by atoms with Crippen molar-refractivity contribution in [3.63, 3.8) is 0 Å². The van der Waals surface area contributed by atoms with E-state index in [2.05, 4.69) is 25.4 Å². The normalized spacial score (nSPS) is 12.8. The van der Waals surface area contributed by atoms with Crippen LogP contribution < -0.4 is 11.1 Å². The molecule has 0 saturated heterocycles. The van der Waals surface area contributed by atoms with Crippen LogP contribution in [0.5, 0.6) is 0 Å². The molecule has 164 valence electrons. The van der Waals surface area contributed by atoms with Crippen molar-refractivity contribution in [3.05, 3.63) is 65.7 Å². The average molecular weight is 439 g/mol. The number of nitrogens with two attached hydrogens (primary N) is 1. The minimum Gasteiger partial charge on any atom is -0.382 e. The maximum Gasteiger partial charge on any atom is 0.433 e. The number of nitrogens with one attached hydrogen (secondary N) is 1. The molecule has 0 aliphatic heterocycles. The van der Waals surface area contributed by atoms with E-state index in [0.717, 1.165) is 28.9 Å². The Morgan fingerprint density at radius 3 is 2.61 bits per heavy atom. The number of alkyl halides is 3. The van der Waals surface area contributed by atoms with Crippen LogP contribution in [0.25, 0.3) is 16.9 Å². The molecule has 0 aliphatic carbocycles. The number of halogens is 5. The molecule has 1 aromatic carbocycles. The zero-order chi connectivity index (χ0) is 22.3. The first kappa shape index (κ1) is 20.4. The standard InChI is InChI=1S/C19H14F5N7.2H2/c1-9(11-3-2-10(20)6-12(11)21)28-15-7-13(26-8-27-15)16-17(25)30-31-5-4-14(19(22,23)24)29-18(16)31;;/h2-9H,1H3,(H2,25,30)(H,26,27,28);2*1H/t9-;;/m0../s1. The van der Waals surface area contributed by atoms with Gasteiger partial charge in [-0.05, 0) is 19.1 Å². The van der Waals surface area contributed by atoms with Crippen molar-refractivity contribution in [1.29, 1.82) is 0 Å². The van der Waals surface area contributed by atoms with Crippen molar-refractivity contribution in [2.24, 2.45) is 0 Å². The third kappa shape index (κ3) is 3.96. The Kier molecular flexibility index (Phi) is 4.91. The quantitative estimate of drug-likeness (QED) is 0.447. The molecular formula is C19H18F5N7. The largest absolute Gasteiger partial charge is 0.433 e. The smallest absolute Gasteiger partial charge is 0.382 e. The van der Waals surface area contributed by atoms with Crippen molar-refractivity contribution in [2.45, 2.75) is 19.1 Å². The number of nitrogens with zero attached hydrogens (tertiary/aromatic N) is 5. The number of benzene rings is 1. The second kappa shape index (κ2) is 7.45. The highest BCUT2D eigenvalue weighted by Crippen LogP contribution is 2.33. The minimum atomic E-state index is -4.65. The maximum atomic E-state index is 14.0. The van der Waals surface area contributed by atoms with Crippen LogP contribution in [0.15, 0.2) is 42.9 Å². The molecule has 4 aromatic rings. The van der Waals surface area contributed by atoms with Gasteiger partial charge in [-0.25, -0.2) is 28.2 Å². The molecule has 0 saturated carbocycles. The molecule has 0 fully saturated rings. The second-order valence-corrected chi connectivity index (χ2v) is 6.66. The summed E-state index contributed by atoms with van der Waals surface area (Å²) in [5, 5.41) is 6.91. The summed E-state index contributed by atoms with van der Waals surface area (Å²) in [6.07, 6.45) is -2.38. The molecule has 0 amide bonds. The van der Waals surface area contributed by atoms with Crippen molar-refractivity contribution >= 4 is 17.3 Å². The van der Waals surface area contributed by atoms with Gasteiger partial charge < -0.3 is 11.1 Å². The number of aromatic nitrogens is 5. The predicted molar refractivity (Wildman–Crippen MR) is 106 cm³/mol. The number of anilines is 2. The number of rotatable bonds is 4. The monoisotopic (exact) mass is 439 g/mol. The molecule has 12 heteroatoms. The number of hydrogen-bond acceptors (Lipinski definition) is 6. The molecule has 3 heterocycles. The molecule has 3 N–H and O–H groups in total. The van der Waals surface area contributed by atoms with Gasteiger partial charge in [0.05, 0.1) is 17.3 Å². The summed E-state index contributed by atoms with van der Waals surface area (Å²) >= 11 is 0. The van der Waals surface area contributed by atoms with Gasteiger partial charge in [-0.1, -0.05) is 6.07 Å². The molecular weight excluding hydrogens is 421 g/mol. The first-order chi connectivity index (χ1) is 14.6. The summed E-state index contributed by atoms with van der Waals surface area (Å²) in [7, 11) is 0. The van der Waals surface area contributed by atoms with Gasteiger partial charge in [0.25, 0.3) is 0 Å². The van der Waals surface area contributed by atoms with Crippen molar-refractivity contribution < 1.29 is 24.8 Å². The Hall–Kier alpha value is -3.83. The minimum absolute atomic E-state index is 0. The van der Waals surface area contributed by atoms with Crippen LogP contribution in [0, 0.1) is 11.6 Å². The fraction of sp³-hybridized carbons (Fsp3) is 0.158. The Labute approximate surface area is 174 Å². The first-order valence-corrected chi connectivity index (χ1v) is 8.89. The summed E-state index contributed by atoms with van der Waals surface area (Å²) in [5.74, 6) is -1.27. The SMILES string of the molecule is C[C@H](Nc1cc(-c2c(N)nn3ccc(C(F)(F)F)nc23)ncn1)c1ccc(F)cc1F.[HH].[HH]. The highest BCUT2D eigenvalue weighted by Gasteiger charge is 2.33. The molecule has 0 bridgehead atoms. The van der Waals surface area contributed by atoms with E-state index >= 15 is 0 Å². The van der Waals surface area contributed by atoms with Crippen LogP contribution in [-0.4, -0.2) is 24.6 Å². The predicted octanol–water partition coefficient (Wildman–Crippen LogP) is 4.73. The summed E-state index contributed by atoms with van der Waals surface area (Å²) in [5.41, 5.74) is 5.14. The molecule has 4 rings (SSSR count). The lowest BCUT2D eigenvalue weighted by Gasteiger charge is -2.16. The molecule has 0 spiro atoms. The van der Waals surface area contributed by atoms with E-state index in [9.17, 15) is 22.0 Å². The van der Waals surface area contributed by atoms with Gasteiger partial charge >= 0.3 is 6.18 Å². The van der Waals surface area contributed by atoms with E-state index < -0.39 is 29.5 Å². The lowest BCUT2D eigenvalue weighted by atomic mass is 10.1. The maximum absolute atomic E-state index is 14.0. The van der Waals surface area contributed by atoms with Crippen molar-refractivity contribution in [3.8, 4) is 11.3 Å². The van der Waals surface area contributed by atoms with E-state index in [1.165, 1.54) is 18.5 Å². The fourth-order valence-corrected chi connectivity index (χ4v) is 3.08. The third-order valence-electron chi connectivity index (χ3n) is 4.52. The molecule has 7 nitrogen and oxygen atoms in total. The number of nitrogen functional groups attached to an aromatic ring is 1. The molecule has 0 radical (unpaired) electrons. The van der Waals surface area contributed by atoms with Gasteiger partial charge in [-0.2, -0.15) is 13.2 Å². The van der Waals surface area contributed by atoms with Crippen LogP contribution in [-0.2, 0) is 6.18 Å². The molecule has 0 aliphatic rings. The highest BCUT2D eigenvalue weighted by molar-refractivity contribution is 5.85. The van der Waals surface area contributed by atoms with E-state index in [4.69, 9.17) is 5.73 Å². The average Bonchev–Trinajstić information content (AvgIpc) is 3.02. The van der Waals surface area contributed by atoms with Gasteiger partial charge in [0.2, 0.25) is 0 Å². The van der Waals surface area contributed by atoms with E-state index in [1.54, 1.807) is 6.92 Å². The topological polar surface area (TPSA) is 94.0 Å². The lowest BCUT2D eigenvalue weighted by molar-refractivity contribution is -0.141. The van der Waals surface area contributed by atoms with Crippen molar-refractivity contribution in [1.82, 2.24) is 24.6 Å². The van der Waals surface area contributed by atoms with E-state index in [-0.39, 0.29) is 37.0 Å². The first-order valence-electron chi connectivity index (χ1n) is 8.89. The van der Waals surface area contributed by atoms with Gasteiger partial charge in [0, 0.05) is 26.7 Å². The number of hydrogen-bond donors (Lipinski definition) is 2. The van der Waals surface area contributed by atoms with Gasteiger partial charge in [-0.15, -0.1) is 5.10 Å². The Bertz CT molecular complexity index is 1280. The lowest BCUT2D eigenvalue weighted by Crippen LogP contribution is -2.10. The summed E-state index contributed by atoms with van der Waals surface area (Å²) in [4.78, 5) is 11.7. The van der Waals surface area contributed by atoms with E-state index in [1.807, 2.05) is 0 Å². The van der Waals surface area contributed by atoms with Crippen LogP contribution in [0.2, 0.25) is 0 Å². The summed E-state index contributed by atoms with van der Waals surface area (Å²) < 4.78 is 67.5. The Balaban J connectivity index is 0.00000193. The highest BCUT2D eigenvalue weighted by atomic mass is 19.4. The molecule has 0 unspecified atom stereocenters. The molecule has 31 heavy (non-hydrogen) atoms. The molecule has 1 atom stereocenters. The zero-order valence-corrected chi connectivity index (χ0v) is 15.8. The van der Waals surface area contributed by atoms with Crippen LogP contribution in [0.3, 0.4) is 0 Å². The molecule has 3 aromatic heterocycles. The van der Waals surface area contributed by atoms with E-state index in [0.29, 0.717) is 0 Å². The fourth-order valence-electron chi connectivity index (χ4n) is 3.08. The zero-order valence-electron chi connectivity index (χ0n) is 15.8. The summed E-state index contributed by atoms with van der Waals surface area (Å²) in [6.45, 7) is 1.64.